The fourth-order valence-corrected chi connectivity index (χ4v) is 2.62. The minimum atomic E-state index is -0.809. The Morgan fingerprint density at radius 3 is 2.71 bits per heavy atom. The summed E-state index contributed by atoms with van der Waals surface area (Å²) in [5, 5.41) is 22.4. The van der Waals surface area contributed by atoms with Crippen molar-refractivity contribution < 1.29 is 14.6 Å². The number of rotatable bonds is 9. The molecule has 28 heavy (non-hydrogen) atoms. The molecule has 0 aliphatic carbocycles. The third kappa shape index (κ3) is 4.80. The molecule has 1 unspecified atom stereocenters. The van der Waals surface area contributed by atoms with Crippen molar-refractivity contribution in [2.75, 3.05) is 6.61 Å². The Bertz CT molecular complexity index is 952. The van der Waals surface area contributed by atoms with Gasteiger partial charge < -0.3 is 15.6 Å². The zero-order valence-electron chi connectivity index (χ0n) is 15.2. The highest BCUT2D eigenvalue weighted by Gasteiger charge is 2.12. The number of allylic oxidation sites excluding steroid dienone is 1. The van der Waals surface area contributed by atoms with E-state index < -0.39 is 12.0 Å². The molecule has 0 fully saturated rings. The van der Waals surface area contributed by atoms with Gasteiger partial charge in [0.05, 0.1) is 6.54 Å². The Labute approximate surface area is 162 Å². The first-order valence-corrected chi connectivity index (χ1v) is 8.74. The zero-order valence-corrected chi connectivity index (χ0v) is 15.2. The van der Waals surface area contributed by atoms with Crippen LogP contribution in [0.2, 0.25) is 0 Å². The van der Waals surface area contributed by atoms with Gasteiger partial charge in [-0.05, 0) is 35.4 Å². The minimum absolute atomic E-state index is 0.0956. The summed E-state index contributed by atoms with van der Waals surface area (Å²) in [5.74, 6) is 0.602. The lowest BCUT2D eigenvalue weighted by atomic mass is 10.1. The lowest BCUT2D eigenvalue weighted by molar-refractivity contribution is 0.0846. The van der Waals surface area contributed by atoms with E-state index in [1.807, 2.05) is 24.3 Å². The Hall–Kier alpha value is -3.52. The molecule has 8 nitrogen and oxygen atoms in total. The van der Waals surface area contributed by atoms with E-state index in [1.165, 1.54) is 4.80 Å². The highest BCUT2D eigenvalue weighted by molar-refractivity contribution is 5.93. The van der Waals surface area contributed by atoms with Crippen LogP contribution in [0.3, 0.4) is 0 Å². The number of primary amides is 1. The lowest BCUT2D eigenvalue weighted by Gasteiger charge is -2.13. The second-order valence-electron chi connectivity index (χ2n) is 6.17. The Kier molecular flexibility index (Phi) is 6.13. The van der Waals surface area contributed by atoms with Gasteiger partial charge in [-0.1, -0.05) is 36.4 Å². The minimum Gasteiger partial charge on any atom is -0.491 e. The molecule has 1 aromatic heterocycles. The fourth-order valence-electron chi connectivity index (χ4n) is 2.62. The molecule has 1 atom stereocenters. The lowest BCUT2D eigenvalue weighted by Crippen LogP contribution is -2.25. The van der Waals surface area contributed by atoms with Crippen LogP contribution in [0.15, 0.2) is 61.2 Å². The van der Waals surface area contributed by atoms with E-state index in [1.54, 1.807) is 30.3 Å². The molecule has 1 heterocycles. The first-order valence-electron chi connectivity index (χ1n) is 8.74. The van der Waals surface area contributed by atoms with Crippen LogP contribution < -0.4 is 10.5 Å². The van der Waals surface area contributed by atoms with Gasteiger partial charge in [0.1, 0.15) is 18.5 Å². The van der Waals surface area contributed by atoms with Crippen LogP contribution in [0.25, 0.3) is 11.4 Å². The Morgan fingerprint density at radius 1 is 1.25 bits per heavy atom. The summed E-state index contributed by atoms with van der Waals surface area (Å²) >= 11 is 0. The summed E-state index contributed by atoms with van der Waals surface area (Å²) in [4.78, 5) is 12.4. The smallest absolute Gasteiger partial charge is 0.248 e. The Morgan fingerprint density at radius 2 is 2.00 bits per heavy atom. The molecule has 144 valence electrons. The molecule has 3 rings (SSSR count). The van der Waals surface area contributed by atoms with Crippen LogP contribution in [0.4, 0.5) is 0 Å². The number of ether oxygens (including phenoxy) is 1. The number of aromatic nitrogens is 4. The molecule has 0 spiro atoms. The van der Waals surface area contributed by atoms with Gasteiger partial charge in [-0.3, -0.25) is 4.79 Å². The van der Waals surface area contributed by atoms with Crippen molar-refractivity contribution >= 4 is 5.91 Å². The molecule has 2 aromatic carbocycles. The molecule has 3 N–H and O–H groups in total. The van der Waals surface area contributed by atoms with Gasteiger partial charge in [0.25, 0.3) is 0 Å². The van der Waals surface area contributed by atoms with Crippen LogP contribution in [0, 0.1) is 0 Å². The van der Waals surface area contributed by atoms with Crippen molar-refractivity contribution in [3.63, 3.8) is 0 Å². The largest absolute Gasteiger partial charge is 0.491 e. The number of para-hydroxylation sites is 1. The van der Waals surface area contributed by atoms with E-state index in [0.29, 0.717) is 29.1 Å². The number of aliphatic hydroxyl groups is 1. The Balaban J connectivity index is 1.59. The number of carbonyl (C=O) groups excluding carboxylic acids is 1. The molecular weight excluding hydrogens is 358 g/mol. The molecule has 0 radical (unpaired) electrons. The number of carbonyl (C=O) groups is 1. The fraction of sp³-hybridized carbons (Fsp3) is 0.200. The van der Waals surface area contributed by atoms with Crippen LogP contribution in [0.1, 0.15) is 15.9 Å². The third-order valence-corrected chi connectivity index (χ3v) is 4.02. The number of nitrogens with two attached hydrogens (primary N) is 1. The zero-order chi connectivity index (χ0) is 19.9. The van der Waals surface area contributed by atoms with Gasteiger partial charge in [0.15, 0.2) is 0 Å². The van der Waals surface area contributed by atoms with Crippen molar-refractivity contribution in [3.05, 3.63) is 72.3 Å². The van der Waals surface area contributed by atoms with E-state index in [0.717, 1.165) is 5.56 Å². The van der Waals surface area contributed by atoms with Crippen molar-refractivity contribution in [1.29, 1.82) is 0 Å². The van der Waals surface area contributed by atoms with Crippen LogP contribution in [-0.4, -0.2) is 43.9 Å². The average molecular weight is 379 g/mol. The molecule has 0 bridgehead atoms. The summed E-state index contributed by atoms with van der Waals surface area (Å²) in [7, 11) is 0. The topological polar surface area (TPSA) is 116 Å². The van der Waals surface area contributed by atoms with Crippen molar-refractivity contribution in [3.8, 4) is 17.1 Å². The summed E-state index contributed by atoms with van der Waals surface area (Å²) in [6.07, 6.45) is 1.68. The predicted molar refractivity (Wildman–Crippen MR) is 104 cm³/mol. The van der Waals surface area contributed by atoms with Gasteiger partial charge in [0, 0.05) is 11.1 Å². The van der Waals surface area contributed by atoms with Gasteiger partial charge >= 0.3 is 0 Å². The van der Waals surface area contributed by atoms with Crippen LogP contribution >= 0.6 is 0 Å². The number of benzene rings is 2. The van der Waals surface area contributed by atoms with E-state index in [4.69, 9.17) is 10.5 Å². The number of amides is 1. The number of tetrazole rings is 1. The first kappa shape index (κ1) is 19.2. The van der Waals surface area contributed by atoms with Gasteiger partial charge in [0.2, 0.25) is 11.7 Å². The number of hydrogen-bond acceptors (Lipinski definition) is 6. The normalized spacial score (nSPS) is 11.8. The van der Waals surface area contributed by atoms with E-state index >= 15 is 0 Å². The second kappa shape index (κ2) is 8.92. The monoisotopic (exact) mass is 379 g/mol. The molecule has 3 aromatic rings. The van der Waals surface area contributed by atoms with E-state index in [2.05, 4.69) is 22.0 Å². The quantitative estimate of drug-likeness (QED) is 0.546. The number of aliphatic hydroxyl groups excluding tert-OH is 1. The first-order chi connectivity index (χ1) is 13.6. The molecule has 8 heteroatoms. The van der Waals surface area contributed by atoms with Crippen LogP contribution in [-0.2, 0) is 13.0 Å². The summed E-state index contributed by atoms with van der Waals surface area (Å²) in [6.45, 7) is 3.96. The molecular formula is C20H21N5O3. The van der Waals surface area contributed by atoms with E-state index in [9.17, 15) is 9.90 Å². The molecule has 1 amide bonds. The second-order valence-corrected chi connectivity index (χ2v) is 6.17. The predicted octanol–water partition coefficient (Wildman–Crippen LogP) is 1.61. The molecule has 0 saturated heterocycles. The third-order valence-electron chi connectivity index (χ3n) is 4.02. The van der Waals surface area contributed by atoms with Gasteiger partial charge in [-0.2, -0.15) is 4.80 Å². The van der Waals surface area contributed by atoms with Crippen molar-refractivity contribution in [1.82, 2.24) is 20.2 Å². The van der Waals surface area contributed by atoms with Crippen LogP contribution in [0.5, 0.6) is 5.75 Å². The summed E-state index contributed by atoms with van der Waals surface area (Å²) < 4.78 is 5.72. The number of nitrogens with zero attached hydrogens (tertiary/aromatic N) is 4. The average Bonchev–Trinajstić information content (AvgIpc) is 3.16. The van der Waals surface area contributed by atoms with E-state index in [-0.39, 0.29) is 13.2 Å². The molecule has 0 aliphatic heterocycles. The summed E-state index contributed by atoms with van der Waals surface area (Å²) in [5.41, 5.74) is 7.33. The molecule has 0 aliphatic rings. The highest BCUT2D eigenvalue weighted by Crippen LogP contribution is 2.19. The maximum atomic E-state index is 11.1. The SMILES string of the molecule is C=CCc1ccccc1OCC(O)Cn1nnc(-c2ccc(C(N)=O)cc2)n1. The van der Waals surface area contributed by atoms with Crippen molar-refractivity contribution in [2.24, 2.45) is 5.73 Å². The maximum Gasteiger partial charge on any atom is 0.248 e. The maximum absolute atomic E-state index is 11.1. The number of hydrogen-bond donors (Lipinski definition) is 2. The standard InChI is InChI=1S/C20H21N5O3/c1-2-5-14-6-3-4-7-18(14)28-13-17(26)12-25-23-20(22-24-25)16-10-8-15(9-11-16)19(21)27/h2-4,6-11,17,26H,1,5,12-13H2,(H2,21,27). The summed E-state index contributed by atoms with van der Waals surface area (Å²) in [6, 6.07) is 14.2. The highest BCUT2D eigenvalue weighted by atomic mass is 16.5. The van der Waals surface area contributed by atoms with Gasteiger partial charge in [-0.15, -0.1) is 16.8 Å². The molecule has 0 saturated carbocycles. The van der Waals surface area contributed by atoms with Gasteiger partial charge in [-0.25, -0.2) is 0 Å². The van der Waals surface area contributed by atoms with Crippen molar-refractivity contribution in [2.45, 2.75) is 19.1 Å².